The highest BCUT2D eigenvalue weighted by Gasteiger charge is 2.24. The largest absolute Gasteiger partial charge is 0.337 e. The predicted octanol–water partition coefficient (Wildman–Crippen LogP) is 3.46. The first kappa shape index (κ1) is 20.8. The van der Waals surface area contributed by atoms with Gasteiger partial charge < -0.3 is 0 Å². The summed E-state index contributed by atoms with van der Waals surface area (Å²) in [7, 11) is 0. The van der Waals surface area contributed by atoms with E-state index < -0.39 is 5.69 Å². The van der Waals surface area contributed by atoms with Crippen LogP contribution >= 0.6 is 11.3 Å². The molecule has 0 atom stereocenters. The molecule has 1 aliphatic rings. The monoisotopic (exact) mass is 470 g/mol. The SMILES string of the molecule is Cc1cccc2nc(Cn3c(=O)n(-c4ccccc4)c(=O)c4c5c(sc43)CCCC5)cc(=O)n12. The molecule has 170 valence electrons. The van der Waals surface area contributed by atoms with Gasteiger partial charge in [0.1, 0.15) is 10.5 Å². The van der Waals surface area contributed by atoms with Crippen LogP contribution in [0, 0.1) is 6.92 Å². The van der Waals surface area contributed by atoms with Crippen molar-refractivity contribution in [1.29, 1.82) is 0 Å². The maximum Gasteiger partial charge on any atom is 0.337 e. The van der Waals surface area contributed by atoms with Crippen molar-refractivity contribution in [2.45, 2.75) is 39.2 Å². The summed E-state index contributed by atoms with van der Waals surface area (Å²) in [5.74, 6) is 0. The lowest BCUT2D eigenvalue weighted by atomic mass is 9.97. The van der Waals surface area contributed by atoms with Crippen LogP contribution in [-0.4, -0.2) is 18.5 Å². The Balaban J connectivity index is 1.64. The molecular formula is C26H22N4O3S. The number of pyridine rings is 1. The molecule has 0 aliphatic heterocycles. The number of benzene rings is 1. The standard InChI is InChI=1S/C26H22N4O3S/c1-16-8-7-13-21-27-17(14-22(31)29(16)21)15-28-25-23(19-11-5-6-12-20(19)34-25)24(32)30(26(28)33)18-9-3-2-4-10-18/h2-4,7-10,13-14H,5-6,11-12,15H2,1H3. The fraction of sp³-hybridized carbons (Fsp3) is 0.231. The van der Waals surface area contributed by atoms with Crippen LogP contribution in [0.5, 0.6) is 0 Å². The molecule has 0 radical (unpaired) electrons. The Kier molecular flexibility index (Phi) is 4.84. The van der Waals surface area contributed by atoms with Crippen LogP contribution in [0.4, 0.5) is 0 Å². The van der Waals surface area contributed by atoms with E-state index in [9.17, 15) is 14.4 Å². The zero-order valence-electron chi connectivity index (χ0n) is 18.7. The maximum atomic E-state index is 13.7. The summed E-state index contributed by atoms with van der Waals surface area (Å²) in [6.07, 6.45) is 3.87. The highest BCUT2D eigenvalue weighted by Crippen LogP contribution is 2.34. The van der Waals surface area contributed by atoms with Crippen LogP contribution in [0.1, 0.15) is 34.7 Å². The minimum absolute atomic E-state index is 0.113. The van der Waals surface area contributed by atoms with Crippen molar-refractivity contribution in [3.63, 3.8) is 0 Å². The minimum atomic E-state index is -0.423. The normalized spacial score (nSPS) is 13.4. The van der Waals surface area contributed by atoms with Crippen LogP contribution in [-0.2, 0) is 19.4 Å². The number of nitrogens with zero attached hydrogens (tertiary/aromatic N) is 4. The Morgan fingerprint density at radius 1 is 0.971 bits per heavy atom. The molecule has 0 saturated carbocycles. The smallest absolute Gasteiger partial charge is 0.278 e. The molecule has 8 heteroatoms. The Labute approximate surface area is 198 Å². The van der Waals surface area contributed by atoms with Crippen LogP contribution in [0.25, 0.3) is 21.6 Å². The first-order valence-corrected chi connectivity index (χ1v) is 12.2. The van der Waals surface area contributed by atoms with Crippen LogP contribution < -0.4 is 16.8 Å². The molecule has 0 bridgehead atoms. The van der Waals surface area contributed by atoms with Crippen molar-refractivity contribution >= 4 is 27.2 Å². The summed E-state index contributed by atoms with van der Waals surface area (Å²) in [5, 5.41) is 0.622. The van der Waals surface area contributed by atoms with Gasteiger partial charge in [-0.1, -0.05) is 24.3 Å². The van der Waals surface area contributed by atoms with Crippen molar-refractivity contribution in [2.75, 3.05) is 0 Å². The maximum absolute atomic E-state index is 13.7. The lowest BCUT2D eigenvalue weighted by Crippen LogP contribution is -2.39. The van der Waals surface area contributed by atoms with Gasteiger partial charge in [0.25, 0.3) is 11.1 Å². The Morgan fingerprint density at radius 2 is 1.76 bits per heavy atom. The highest BCUT2D eigenvalue weighted by molar-refractivity contribution is 7.18. The third-order valence-corrected chi connectivity index (χ3v) is 7.82. The fourth-order valence-corrected chi connectivity index (χ4v) is 6.29. The summed E-state index contributed by atoms with van der Waals surface area (Å²) in [6.45, 7) is 1.97. The van der Waals surface area contributed by atoms with Crippen molar-refractivity contribution < 1.29 is 0 Å². The number of thiophene rings is 1. The number of aromatic nitrogens is 4. The molecular weight excluding hydrogens is 448 g/mol. The van der Waals surface area contributed by atoms with Gasteiger partial charge in [-0.2, -0.15) is 0 Å². The predicted molar refractivity (Wildman–Crippen MR) is 134 cm³/mol. The third kappa shape index (κ3) is 3.17. The first-order chi connectivity index (χ1) is 16.5. The molecule has 0 spiro atoms. The van der Waals surface area contributed by atoms with E-state index in [2.05, 4.69) is 4.98 Å². The van der Waals surface area contributed by atoms with Crippen molar-refractivity contribution in [3.05, 3.63) is 108 Å². The van der Waals surface area contributed by atoms with Crippen LogP contribution in [0.3, 0.4) is 0 Å². The molecule has 6 rings (SSSR count). The van der Waals surface area contributed by atoms with Crippen molar-refractivity contribution in [1.82, 2.24) is 18.5 Å². The average molecular weight is 471 g/mol. The molecule has 1 aromatic carbocycles. The number of rotatable bonds is 3. The minimum Gasteiger partial charge on any atom is -0.278 e. The second kappa shape index (κ2) is 7.92. The second-order valence-corrected chi connectivity index (χ2v) is 9.77. The molecule has 7 nitrogen and oxygen atoms in total. The number of para-hydroxylation sites is 1. The molecule has 5 aromatic rings. The zero-order chi connectivity index (χ0) is 23.4. The van der Waals surface area contributed by atoms with E-state index in [1.165, 1.54) is 26.8 Å². The number of fused-ring (bicyclic) bond motifs is 4. The topological polar surface area (TPSA) is 78.4 Å². The van der Waals surface area contributed by atoms with Gasteiger partial charge >= 0.3 is 5.69 Å². The van der Waals surface area contributed by atoms with Gasteiger partial charge in [-0.3, -0.25) is 18.6 Å². The first-order valence-electron chi connectivity index (χ1n) is 11.4. The lowest BCUT2D eigenvalue weighted by Gasteiger charge is -2.14. The molecule has 0 amide bonds. The van der Waals surface area contributed by atoms with Crippen molar-refractivity contribution in [3.8, 4) is 5.69 Å². The Bertz CT molecular complexity index is 1760. The number of hydrogen-bond donors (Lipinski definition) is 0. The van der Waals surface area contributed by atoms with Gasteiger partial charge in [0.05, 0.1) is 23.3 Å². The summed E-state index contributed by atoms with van der Waals surface area (Å²) >= 11 is 1.53. The molecule has 0 unspecified atom stereocenters. The van der Waals surface area contributed by atoms with Crippen LogP contribution in [0.15, 0.2) is 69.0 Å². The summed E-state index contributed by atoms with van der Waals surface area (Å²) in [6, 6.07) is 16.0. The third-order valence-electron chi connectivity index (χ3n) is 6.50. The van der Waals surface area contributed by atoms with E-state index in [1.54, 1.807) is 27.2 Å². The average Bonchev–Trinajstić information content (AvgIpc) is 3.22. The molecule has 34 heavy (non-hydrogen) atoms. The van der Waals surface area contributed by atoms with E-state index in [0.717, 1.165) is 36.9 Å². The van der Waals surface area contributed by atoms with E-state index in [-0.39, 0.29) is 17.7 Å². The molecule has 4 aromatic heterocycles. The zero-order valence-corrected chi connectivity index (χ0v) is 19.5. The number of aryl methyl sites for hydroxylation is 3. The van der Waals surface area contributed by atoms with E-state index in [4.69, 9.17) is 0 Å². The van der Waals surface area contributed by atoms with Gasteiger partial charge in [0.15, 0.2) is 0 Å². The van der Waals surface area contributed by atoms with Crippen molar-refractivity contribution in [2.24, 2.45) is 0 Å². The highest BCUT2D eigenvalue weighted by atomic mass is 32.1. The Morgan fingerprint density at radius 3 is 2.59 bits per heavy atom. The second-order valence-electron chi connectivity index (χ2n) is 8.68. The van der Waals surface area contributed by atoms with Gasteiger partial charge in [-0.05, 0) is 62.4 Å². The van der Waals surface area contributed by atoms with Gasteiger partial charge in [-0.25, -0.2) is 14.3 Å². The molecule has 0 N–H and O–H groups in total. The van der Waals surface area contributed by atoms with Gasteiger partial charge in [0.2, 0.25) is 0 Å². The quantitative estimate of drug-likeness (QED) is 0.405. The van der Waals surface area contributed by atoms with Crippen LogP contribution in [0.2, 0.25) is 0 Å². The molecule has 0 fully saturated rings. The fourth-order valence-electron chi connectivity index (χ4n) is 4.92. The Hall–Kier alpha value is -3.78. The molecule has 4 heterocycles. The number of hydrogen-bond acceptors (Lipinski definition) is 5. The summed E-state index contributed by atoms with van der Waals surface area (Å²) in [5.41, 5.74) is 2.53. The van der Waals surface area contributed by atoms with E-state index in [0.29, 0.717) is 27.2 Å². The lowest BCUT2D eigenvalue weighted by molar-refractivity contribution is 0.692. The molecule has 0 saturated heterocycles. The van der Waals surface area contributed by atoms with E-state index >= 15 is 0 Å². The summed E-state index contributed by atoms with van der Waals surface area (Å²) < 4.78 is 4.42. The summed E-state index contributed by atoms with van der Waals surface area (Å²) in [4.78, 5) is 46.7. The van der Waals surface area contributed by atoms with Gasteiger partial charge in [-0.15, -0.1) is 11.3 Å². The van der Waals surface area contributed by atoms with Gasteiger partial charge in [0, 0.05) is 16.6 Å². The van der Waals surface area contributed by atoms with E-state index in [1.807, 2.05) is 37.3 Å². The molecule has 1 aliphatic carbocycles.